The minimum absolute atomic E-state index is 0.145. The smallest absolute Gasteiger partial charge is 0.238 e. The molecular weight excluding hydrogens is 288 g/mol. The second kappa shape index (κ2) is 5.61. The second-order valence-electron chi connectivity index (χ2n) is 4.63. The van der Waals surface area contributed by atoms with Gasteiger partial charge in [-0.1, -0.05) is 29.1 Å². The normalized spacial score (nSPS) is 12.5. The molecule has 1 aromatic carbocycles. The van der Waals surface area contributed by atoms with Crippen molar-refractivity contribution in [3.05, 3.63) is 36.1 Å². The summed E-state index contributed by atoms with van der Waals surface area (Å²) < 4.78 is 4.91. The Bertz CT molecular complexity index is 747. The van der Waals surface area contributed by atoms with Gasteiger partial charge in [-0.2, -0.15) is 0 Å². The monoisotopic (exact) mass is 302 g/mol. The lowest BCUT2D eigenvalue weighted by atomic mass is 10.3. The van der Waals surface area contributed by atoms with Crippen LogP contribution in [0.4, 0.5) is 5.82 Å². The number of carbonyl (C=O) groups is 1. The van der Waals surface area contributed by atoms with Crippen molar-refractivity contribution in [2.75, 3.05) is 5.32 Å². The molecule has 2 heterocycles. The molecule has 0 aliphatic carbocycles. The standard InChI is InChI=1S/C14H14N4O2S/c1-8-7-12(18-20-8)17-13(19)9(2)21-14-15-10-5-3-4-6-11(10)16-14/h3-7,9H,1-2H3,(H,15,16)(H,17,18,19)/t9-/m0/s1. The number of para-hydroxylation sites is 2. The third-order valence-corrected chi connectivity index (χ3v) is 3.89. The summed E-state index contributed by atoms with van der Waals surface area (Å²) in [5, 5.41) is 6.87. The number of nitrogens with zero attached hydrogens (tertiary/aromatic N) is 2. The first kappa shape index (κ1) is 13.7. The topological polar surface area (TPSA) is 83.8 Å². The summed E-state index contributed by atoms with van der Waals surface area (Å²) in [5.41, 5.74) is 1.85. The highest BCUT2D eigenvalue weighted by Gasteiger charge is 2.17. The van der Waals surface area contributed by atoms with Crippen LogP contribution in [-0.2, 0) is 4.79 Å². The quantitative estimate of drug-likeness (QED) is 0.724. The third-order valence-electron chi connectivity index (χ3n) is 2.90. The van der Waals surface area contributed by atoms with Crippen LogP contribution in [-0.4, -0.2) is 26.3 Å². The van der Waals surface area contributed by atoms with Crippen LogP contribution in [0.25, 0.3) is 11.0 Å². The Balaban J connectivity index is 1.67. The fourth-order valence-electron chi connectivity index (χ4n) is 1.86. The summed E-state index contributed by atoms with van der Waals surface area (Å²) in [4.78, 5) is 19.7. The van der Waals surface area contributed by atoms with E-state index in [9.17, 15) is 4.79 Å². The van der Waals surface area contributed by atoms with Crippen LogP contribution in [0.2, 0.25) is 0 Å². The summed E-state index contributed by atoms with van der Waals surface area (Å²) in [5.74, 6) is 0.936. The number of aromatic amines is 1. The summed E-state index contributed by atoms with van der Waals surface area (Å²) in [6.45, 7) is 3.59. The fourth-order valence-corrected chi connectivity index (χ4v) is 2.68. The molecule has 0 saturated carbocycles. The number of aromatic nitrogens is 3. The molecule has 1 atom stereocenters. The number of hydrogen-bond donors (Lipinski definition) is 2. The molecule has 1 amide bonds. The van der Waals surface area contributed by atoms with E-state index >= 15 is 0 Å². The number of benzene rings is 1. The predicted molar refractivity (Wildman–Crippen MR) is 81.3 cm³/mol. The lowest BCUT2D eigenvalue weighted by Crippen LogP contribution is -2.22. The number of hydrogen-bond acceptors (Lipinski definition) is 5. The van der Waals surface area contributed by atoms with Crippen molar-refractivity contribution < 1.29 is 9.32 Å². The highest BCUT2D eigenvalue weighted by Crippen LogP contribution is 2.24. The van der Waals surface area contributed by atoms with Gasteiger partial charge in [-0.3, -0.25) is 4.79 Å². The molecule has 108 valence electrons. The molecule has 3 rings (SSSR count). The third kappa shape index (κ3) is 3.08. The lowest BCUT2D eigenvalue weighted by Gasteiger charge is -2.07. The van der Waals surface area contributed by atoms with Gasteiger partial charge in [0.1, 0.15) is 5.76 Å². The van der Waals surface area contributed by atoms with E-state index in [0.29, 0.717) is 11.6 Å². The SMILES string of the molecule is Cc1cc(NC(=O)[C@H](C)Sc2nc3ccccc3[nH]2)no1. The summed E-state index contributed by atoms with van der Waals surface area (Å²) in [7, 11) is 0. The number of rotatable bonds is 4. The zero-order valence-corrected chi connectivity index (χ0v) is 12.4. The molecule has 0 bridgehead atoms. The van der Waals surface area contributed by atoms with Crippen LogP contribution < -0.4 is 5.32 Å². The second-order valence-corrected chi connectivity index (χ2v) is 5.96. The number of thioether (sulfide) groups is 1. The van der Waals surface area contributed by atoms with E-state index in [1.807, 2.05) is 31.2 Å². The first-order chi connectivity index (χ1) is 10.1. The number of imidazole rings is 1. The van der Waals surface area contributed by atoms with Crippen LogP contribution in [0.5, 0.6) is 0 Å². The summed E-state index contributed by atoms with van der Waals surface area (Å²) in [6.07, 6.45) is 0. The maximum absolute atomic E-state index is 12.1. The van der Waals surface area contributed by atoms with Gasteiger partial charge in [0.05, 0.1) is 16.3 Å². The van der Waals surface area contributed by atoms with E-state index in [1.165, 1.54) is 11.8 Å². The molecule has 2 N–H and O–H groups in total. The maximum Gasteiger partial charge on any atom is 0.238 e. The molecule has 0 aliphatic rings. The number of amides is 1. The molecule has 0 fully saturated rings. The van der Waals surface area contributed by atoms with E-state index in [4.69, 9.17) is 4.52 Å². The van der Waals surface area contributed by atoms with Gasteiger partial charge in [0.25, 0.3) is 0 Å². The van der Waals surface area contributed by atoms with Gasteiger partial charge in [0.15, 0.2) is 11.0 Å². The van der Waals surface area contributed by atoms with Gasteiger partial charge in [-0.05, 0) is 26.0 Å². The Morgan fingerprint density at radius 1 is 1.43 bits per heavy atom. The zero-order chi connectivity index (χ0) is 14.8. The molecule has 0 spiro atoms. The highest BCUT2D eigenvalue weighted by atomic mass is 32.2. The molecule has 3 aromatic rings. The zero-order valence-electron chi connectivity index (χ0n) is 11.6. The van der Waals surface area contributed by atoms with Crippen LogP contribution >= 0.6 is 11.8 Å². The Morgan fingerprint density at radius 3 is 2.95 bits per heavy atom. The number of H-pyrrole nitrogens is 1. The van der Waals surface area contributed by atoms with Gasteiger partial charge in [-0.25, -0.2) is 4.98 Å². The van der Waals surface area contributed by atoms with Gasteiger partial charge in [0, 0.05) is 6.07 Å². The van der Waals surface area contributed by atoms with E-state index in [-0.39, 0.29) is 11.2 Å². The fraction of sp³-hybridized carbons (Fsp3) is 0.214. The molecule has 21 heavy (non-hydrogen) atoms. The lowest BCUT2D eigenvalue weighted by molar-refractivity contribution is -0.115. The number of fused-ring (bicyclic) bond motifs is 1. The number of aryl methyl sites for hydroxylation is 1. The average Bonchev–Trinajstić information content (AvgIpc) is 3.04. The molecule has 0 unspecified atom stereocenters. The largest absolute Gasteiger partial charge is 0.360 e. The minimum Gasteiger partial charge on any atom is -0.360 e. The van der Waals surface area contributed by atoms with Crippen LogP contribution in [0, 0.1) is 6.92 Å². The van der Waals surface area contributed by atoms with E-state index in [0.717, 1.165) is 16.2 Å². The Kier molecular flexibility index (Phi) is 3.66. The Hall–Kier alpha value is -2.28. The van der Waals surface area contributed by atoms with Crippen LogP contribution in [0.3, 0.4) is 0 Å². The first-order valence-corrected chi connectivity index (χ1v) is 7.35. The molecule has 0 aliphatic heterocycles. The summed E-state index contributed by atoms with van der Waals surface area (Å²) in [6, 6.07) is 9.43. The van der Waals surface area contributed by atoms with Gasteiger partial charge in [0.2, 0.25) is 5.91 Å². The van der Waals surface area contributed by atoms with Gasteiger partial charge >= 0.3 is 0 Å². The van der Waals surface area contributed by atoms with Gasteiger partial charge in [-0.15, -0.1) is 0 Å². The number of nitrogens with one attached hydrogen (secondary N) is 2. The van der Waals surface area contributed by atoms with E-state index in [1.54, 1.807) is 13.0 Å². The minimum atomic E-state index is -0.303. The summed E-state index contributed by atoms with van der Waals surface area (Å²) >= 11 is 1.37. The van der Waals surface area contributed by atoms with Crippen LogP contribution in [0.1, 0.15) is 12.7 Å². The number of anilines is 1. The number of carbonyl (C=O) groups excluding carboxylic acids is 1. The van der Waals surface area contributed by atoms with Crippen molar-refractivity contribution in [1.29, 1.82) is 0 Å². The van der Waals surface area contributed by atoms with E-state index in [2.05, 4.69) is 20.4 Å². The maximum atomic E-state index is 12.1. The van der Waals surface area contributed by atoms with Crippen molar-refractivity contribution in [1.82, 2.24) is 15.1 Å². The molecule has 0 radical (unpaired) electrons. The van der Waals surface area contributed by atoms with Crippen molar-refractivity contribution >= 4 is 34.5 Å². The molecule has 2 aromatic heterocycles. The Morgan fingerprint density at radius 2 is 2.24 bits per heavy atom. The molecule has 0 saturated heterocycles. The van der Waals surface area contributed by atoms with Crippen molar-refractivity contribution in [3.63, 3.8) is 0 Å². The van der Waals surface area contributed by atoms with Gasteiger partial charge < -0.3 is 14.8 Å². The van der Waals surface area contributed by atoms with E-state index < -0.39 is 0 Å². The Labute approximate surface area is 125 Å². The molecular formula is C14H14N4O2S. The average molecular weight is 302 g/mol. The first-order valence-electron chi connectivity index (χ1n) is 6.47. The van der Waals surface area contributed by atoms with Crippen molar-refractivity contribution in [2.24, 2.45) is 0 Å². The molecule has 7 heteroatoms. The highest BCUT2D eigenvalue weighted by molar-refractivity contribution is 8.00. The van der Waals surface area contributed by atoms with Crippen molar-refractivity contribution in [3.8, 4) is 0 Å². The van der Waals surface area contributed by atoms with Crippen LogP contribution in [0.15, 0.2) is 40.0 Å². The van der Waals surface area contributed by atoms with Crippen molar-refractivity contribution in [2.45, 2.75) is 24.3 Å². The predicted octanol–water partition coefficient (Wildman–Crippen LogP) is 2.98. The molecule has 6 nitrogen and oxygen atoms in total.